The number of nitrogens with one attached hydrogen (secondary N) is 1. The highest BCUT2D eigenvalue weighted by Crippen LogP contribution is 2.22. The Morgan fingerprint density at radius 3 is 2.00 bits per heavy atom. The molecule has 0 aromatic heterocycles. The second-order valence-electron chi connectivity index (χ2n) is 7.48. The molecule has 1 N–H and O–H groups in total. The molecule has 2 rings (SSSR count). The Kier molecular flexibility index (Phi) is 11.7. The minimum atomic E-state index is 0.771. The van der Waals surface area contributed by atoms with Crippen molar-refractivity contribution in [2.75, 3.05) is 19.7 Å². The fourth-order valence-corrected chi connectivity index (χ4v) is 3.03. The molecule has 0 aliphatic rings. The largest absolute Gasteiger partial charge is 0.494 e. The molecule has 0 atom stereocenters. The number of nitrogens with zero attached hydrogens (tertiary/aromatic N) is 2. The van der Waals surface area contributed by atoms with Gasteiger partial charge in [-0.25, -0.2) is 0 Å². The number of azo groups is 1. The second-order valence-corrected chi connectivity index (χ2v) is 7.48. The molecule has 0 saturated heterocycles. The molecular weight excluding hydrogens is 358 g/mol. The molecule has 0 saturated carbocycles. The van der Waals surface area contributed by atoms with E-state index in [1.165, 1.54) is 44.1 Å². The summed E-state index contributed by atoms with van der Waals surface area (Å²) in [4.78, 5) is 0. The van der Waals surface area contributed by atoms with Crippen molar-refractivity contribution in [3.05, 3.63) is 54.1 Å². The van der Waals surface area contributed by atoms with Crippen LogP contribution >= 0.6 is 0 Å². The molecule has 0 aliphatic heterocycles. The number of rotatable bonds is 15. The SMILES string of the molecule is CCCCc1ccc(N=Nc2ccc(OCCCCCCNCCC)cc2)cc1. The maximum Gasteiger partial charge on any atom is 0.119 e. The van der Waals surface area contributed by atoms with Crippen molar-refractivity contribution >= 4 is 11.4 Å². The van der Waals surface area contributed by atoms with E-state index in [-0.39, 0.29) is 0 Å². The number of aryl methyl sites for hydroxylation is 1. The molecule has 4 heteroatoms. The lowest BCUT2D eigenvalue weighted by atomic mass is 10.1. The zero-order valence-electron chi connectivity index (χ0n) is 18.2. The third-order valence-corrected chi connectivity index (χ3v) is 4.82. The topological polar surface area (TPSA) is 46.0 Å². The summed E-state index contributed by atoms with van der Waals surface area (Å²) >= 11 is 0. The van der Waals surface area contributed by atoms with Gasteiger partial charge >= 0.3 is 0 Å². The van der Waals surface area contributed by atoms with E-state index in [0.29, 0.717) is 0 Å². The molecule has 0 radical (unpaired) electrons. The van der Waals surface area contributed by atoms with Gasteiger partial charge in [-0.1, -0.05) is 45.2 Å². The number of benzene rings is 2. The number of unbranched alkanes of at least 4 members (excludes halogenated alkanes) is 4. The van der Waals surface area contributed by atoms with Crippen LogP contribution in [0.4, 0.5) is 11.4 Å². The summed E-state index contributed by atoms with van der Waals surface area (Å²) in [5.41, 5.74) is 3.09. The normalized spacial score (nSPS) is 11.2. The molecule has 158 valence electrons. The number of hydrogen-bond donors (Lipinski definition) is 1. The molecule has 0 amide bonds. The summed E-state index contributed by atoms with van der Waals surface area (Å²) in [6.07, 6.45) is 9.62. The van der Waals surface area contributed by atoms with Crippen LogP contribution in [0.1, 0.15) is 64.4 Å². The van der Waals surface area contributed by atoms with Crippen LogP contribution in [0.3, 0.4) is 0 Å². The molecule has 0 spiro atoms. The van der Waals surface area contributed by atoms with Crippen molar-refractivity contribution < 1.29 is 4.74 Å². The van der Waals surface area contributed by atoms with Crippen molar-refractivity contribution in [1.82, 2.24) is 5.32 Å². The third-order valence-electron chi connectivity index (χ3n) is 4.82. The van der Waals surface area contributed by atoms with E-state index >= 15 is 0 Å². The number of hydrogen-bond acceptors (Lipinski definition) is 4. The van der Waals surface area contributed by atoms with Gasteiger partial charge in [0.2, 0.25) is 0 Å². The van der Waals surface area contributed by atoms with Crippen molar-refractivity contribution in [3.63, 3.8) is 0 Å². The van der Waals surface area contributed by atoms with Gasteiger partial charge in [0.05, 0.1) is 18.0 Å². The highest BCUT2D eigenvalue weighted by Gasteiger charge is 1.97. The fraction of sp³-hybridized carbons (Fsp3) is 0.520. The summed E-state index contributed by atoms with van der Waals surface area (Å²) < 4.78 is 5.83. The predicted molar refractivity (Wildman–Crippen MR) is 123 cm³/mol. The van der Waals surface area contributed by atoms with Gasteiger partial charge in [-0.05, 0) is 87.2 Å². The summed E-state index contributed by atoms with van der Waals surface area (Å²) in [5, 5.41) is 12.1. The lowest BCUT2D eigenvalue weighted by Crippen LogP contribution is -2.15. The lowest BCUT2D eigenvalue weighted by molar-refractivity contribution is 0.304. The van der Waals surface area contributed by atoms with Crippen molar-refractivity contribution in [2.45, 2.75) is 65.2 Å². The lowest BCUT2D eigenvalue weighted by Gasteiger charge is -2.06. The van der Waals surface area contributed by atoms with Gasteiger partial charge in [-0.15, -0.1) is 0 Å². The van der Waals surface area contributed by atoms with Crippen LogP contribution < -0.4 is 10.1 Å². The van der Waals surface area contributed by atoms with Crippen molar-refractivity contribution in [3.8, 4) is 5.75 Å². The molecule has 0 unspecified atom stereocenters. The highest BCUT2D eigenvalue weighted by molar-refractivity contribution is 5.43. The maximum atomic E-state index is 5.83. The summed E-state index contributed by atoms with van der Waals surface area (Å²) in [5.74, 6) is 0.897. The van der Waals surface area contributed by atoms with Gasteiger partial charge in [0.25, 0.3) is 0 Å². The molecule has 0 aliphatic carbocycles. The average molecular weight is 396 g/mol. The molecule has 0 heterocycles. The van der Waals surface area contributed by atoms with E-state index in [2.05, 4.69) is 41.5 Å². The van der Waals surface area contributed by atoms with Gasteiger partial charge in [0.1, 0.15) is 5.75 Å². The van der Waals surface area contributed by atoms with Crippen LogP contribution in [0.2, 0.25) is 0 Å². The Hall–Kier alpha value is -2.20. The average Bonchev–Trinajstić information content (AvgIpc) is 2.76. The van der Waals surface area contributed by atoms with Crippen LogP contribution in [0.5, 0.6) is 5.75 Å². The predicted octanol–water partition coefficient (Wildman–Crippen LogP) is 7.38. The first kappa shape index (κ1) is 23.1. The van der Waals surface area contributed by atoms with E-state index in [0.717, 1.165) is 49.7 Å². The highest BCUT2D eigenvalue weighted by atomic mass is 16.5. The summed E-state index contributed by atoms with van der Waals surface area (Å²) in [6, 6.07) is 16.2. The summed E-state index contributed by atoms with van der Waals surface area (Å²) in [6.45, 7) is 7.45. The molecule has 4 nitrogen and oxygen atoms in total. The van der Waals surface area contributed by atoms with Crippen LogP contribution in [0.15, 0.2) is 58.8 Å². The minimum absolute atomic E-state index is 0.771. The Labute approximate surface area is 176 Å². The first-order valence-electron chi connectivity index (χ1n) is 11.3. The van der Waals surface area contributed by atoms with Crippen LogP contribution in [-0.4, -0.2) is 19.7 Å². The van der Waals surface area contributed by atoms with E-state index in [1.807, 2.05) is 36.4 Å². The Bertz CT molecular complexity index is 680. The monoisotopic (exact) mass is 395 g/mol. The van der Waals surface area contributed by atoms with Gasteiger partial charge < -0.3 is 10.1 Å². The smallest absolute Gasteiger partial charge is 0.119 e. The van der Waals surface area contributed by atoms with Crippen LogP contribution in [0.25, 0.3) is 0 Å². The van der Waals surface area contributed by atoms with Crippen LogP contribution in [0, 0.1) is 0 Å². The zero-order chi connectivity index (χ0) is 20.6. The van der Waals surface area contributed by atoms with E-state index in [9.17, 15) is 0 Å². The molecule has 29 heavy (non-hydrogen) atoms. The minimum Gasteiger partial charge on any atom is -0.494 e. The second kappa shape index (κ2) is 14.7. The number of ether oxygens (including phenoxy) is 1. The van der Waals surface area contributed by atoms with Gasteiger partial charge in [-0.3, -0.25) is 0 Å². The molecule has 2 aromatic carbocycles. The molecule has 0 fully saturated rings. The Morgan fingerprint density at radius 1 is 0.690 bits per heavy atom. The molecule has 0 bridgehead atoms. The van der Waals surface area contributed by atoms with Gasteiger partial charge in [0.15, 0.2) is 0 Å². The van der Waals surface area contributed by atoms with Gasteiger partial charge in [-0.2, -0.15) is 10.2 Å². The van der Waals surface area contributed by atoms with Crippen molar-refractivity contribution in [2.24, 2.45) is 10.2 Å². The zero-order valence-corrected chi connectivity index (χ0v) is 18.2. The maximum absolute atomic E-state index is 5.83. The Morgan fingerprint density at radius 2 is 1.34 bits per heavy atom. The standard InChI is InChI=1S/C25H37N3O/c1-3-5-10-22-11-13-23(14-12-22)27-28-24-15-17-25(18-16-24)29-21-9-7-6-8-20-26-19-4-2/h11-18,26H,3-10,19-21H2,1-2H3. The first-order chi connectivity index (χ1) is 14.3. The van der Waals surface area contributed by atoms with E-state index in [4.69, 9.17) is 4.74 Å². The molecule has 2 aromatic rings. The van der Waals surface area contributed by atoms with Gasteiger partial charge in [0, 0.05) is 0 Å². The Balaban J connectivity index is 1.64. The van der Waals surface area contributed by atoms with E-state index in [1.54, 1.807) is 0 Å². The first-order valence-corrected chi connectivity index (χ1v) is 11.3. The van der Waals surface area contributed by atoms with E-state index < -0.39 is 0 Å². The quantitative estimate of drug-likeness (QED) is 0.252. The van der Waals surface area contributed by atoms with Crippen LogP contribution in [-0.2, 0) is 6.42 Å². The third kappa shape index (κ3) is 10.2. The van der Waals surface area contributed by atoms with Crippen molar-refractivity contribution in [1.29, 1.82) is 0 Å². The molecular formula is C25H37N3O. The summed E-state index contributed by atoms with van der Waals surface area (Å²) in [7, 11) is 0. The fourth-order valence-electron chi connectivity index (χ4n) is 3.03.